The van der Waals surface area contributed by atoms with Gasteiger partial charge in [-0.15, -0.1) is 0 Å². The number of carbonyl (C=O) groups is 2. The van der Waals surface area contributed by atoms with Crippen LogP contribution in [0.1, 0.15) is 22.8 Å². The van der Waals surface area contributed by atoms with Gasteiger partial charge in [-0.2, -0.15) is 13.2 Å². The summed E-state index contributed by atoms with van der Waals surface area (Å²) in [5, 5.41) is 0. The molecule has 0 unspecified atom stereocenters. The van der Waals surface area contributed by atoms with Crippen LogP contribution in [0.15, 0.2) is 48.5 Å². The Balaban J connectivity index is 1.78. The summed E-state index contributed by atoms with van der Waals surface area (Å²) >= 11 is 0. The first kappa shape index (κ1) is 20.1. The van der Waals surface area contributed by atoms with Gasteiger partial charge in [0.15, 0.2) is 6.61 Å². The lowest BCUT2D eigenvalue weighted by Crippen LogP contribution is -2.43. The normalized spacial score (nSPS) is 10.8. The summed E-state index contributed by atoms with van der Waals surface area (Å²) in [4.78, 5) is 23.6. The second-order valence-corrected chi connectivity index (χ2v) is 5.27. The minimum absolute atomic E-state index is 0.0935. The molecule has 2 aromatic carbocycles. The Morgan fingerprint density at radius 3 is 2.00 bits per heavy atom. The molecular weight excluding hydrogens is 365 g/mol. The summed E-state index contributed by atoms with van der Waals surface area (Å²) in [6.45, 7) is 1.86. The summed E-state index contributed by atoms with van der Waals surface area (Å²) in [7, 11) is 0. The zero-order valence-electron chi connectivity index (χ0n) is 14.3. The molecule has 144 valence electrons. The van der Waals surface area contributed by atoms with Crippen molar-refractivity contribution in [3.8, 4) is 11.5 Å². The van der Waals surface area contributed by atoms with Crippen LogP contribution in [0.5, 0.6) is 11.5 Å². The minimum atomic E-state index is -4.44. The Hall–Kier alpha value is -3.23. The van der Waals surface area contributed by atoms with Gasteiger partial charge < -0.3 is 9.47 Å². The molecule has 0 radical (unpaired) electrons. The topological polar surface area (TPSA) is 76.7 Å². The van der Waals surface area contributed by atoms with Crippen LogP contribution in [0.3, 0.4) is 0 Å². The van der Waals surface area contributed by atoms with Crippen molar-refractivity contribution in [2.24, 2.45) is 0 Å². The number of ether oxygens (including phenoxy) is 2. The van der Waals surface area contributed by atoms with E-state index in [0.29, 0.717) is 17.9 Å². The molecule has 0 aliphatic carbocycles. The van der Waals surface area contributed by atoms with E-state index in [-0.39, 0.29) is 5.75 Å². The van der Waals surface area contributed by atoms with Gasteiger partial charge in [-0.25, -0.2) is 0 Å². The number of rotatable bonds is 6. The summed E-state index contributed by atoms with van der Waals surface area (Å²) in [6, 6.07) is 10.2. The molecule has 9 heteroatoms. The summed E-state index contributed by atoms with van der Waals surface area (Å²) in [6.07, 6.45) is -4.44. The van der Waals surface area contributed by atoms with E-state index in [9.17, 15) is 22.8 Å². The largest absolute Gasteiger partial charge is 0.494 e. The molecule has 2 rings (SSSR count). The van der Waals surface area contributed by atoms with Crippen molar-refractivity contribution >= 4 is 11.8 Å². The number of nitrogens with one attached hydrogen (secondary N) is 2. The van der Waals surface area contributed by atoms with Crippen LogP contribution in [0.2, 0.25) is 0 Å². The van der Waals surface area contributed by atoms with E-state index < -0.39 is 30.2 Å². The van der Waals surface area contributed by atoms with Crippen LogP contribution < -0.4 is 20.3 Å². The molecular formula is C18H17F3N2O4. The molecule has 0 aliphatic heterocycles. The molecule has 0 saturated carbocycles. The monoisotopic (exact) mass is 382 g/mol. The Kier molecular flexibility index (Phi) is 6.64. The highest BCUT2D eigenvalue weighted by Crippen LogP contribution is 2.30. The van der Waals surface area contributed by atoms with Crippen molar-refractivity contribution in [1.82, 2.24) is 10.9 Å². The number of amides is 2. The molecule has 0 atom stereocenters. The van der Waals surface area contributed by atoms with Crippen LogP contribution in [0.25, 0.3) is 0 Å². The van der Waals surface area contributed by atoms with Crippen molar-refractivity contribution in [3.05, 3.63) is 59.7 Å². The first-order valence-electron chi connectivity index (χ1n) is 7.91. The van der Waals surface area contributed by atoms with Crippen molar-refractivity contribution in [2.75, 3.05) is 13.2 Å². The molecule has 6 nitrogen and oxygen atoms in total. The Morgan fingerprint density at radius 2 is 1.44 bits per heavy atom. The third-order valence-corrected chi connectivity index (χ3v) is 3.29. The molecule has 0 aromatic heterocycles. The van der Waals surface area contributed by atoms with Crippen LogP contribution in [-0.2, 0) is 11.0 Å². The van der Waals surface area contributed by atoms with Gasteiger partial charge in [-0.3, -0.25) is 20.4 Å². The molecule has 2 N–H and O–H groups in total. The number of hydrazine groups is 1. The predicted octanol–water partition coefficient (Wildman–Crippen LogP) is 2.94. The number of hydrogen-bond donors (Lipinski definition) is 2. The average molecular weight is 382 g/mol. The second-order valence-electron chi connectivity index (χ2n) is 5.27. The van der Waals surface area contributed by atoms with Crippen molar-refractivity contribution in [1.29, 1.82) is 0 Å². The fourth-order valence-corrected chi connectivity index (χ4v) is 1.99. The number of benzene rings is 2. The SMILES string of the molecule is CCOc1ccc(C(=O)NNC(=O)COc2ccc(C(F)(F)F)cc2)cc1. The molecule has 2 amide bonds. The van der Waals surface area contributed by atoms with E-state index in [1.54, 1.807) is 12.1 Å². The third kappa shape index (κ3) is 6.21. The molecule has 27 heavy (non-hydrogen) atoms. The van der Waals surface area contributed by atoms with Crippen LogP contribution in [-0.4, -0.2) is 25.0 Å². The van der Waals surface area contributed by atoms with E-state index >= 15 is 0 Å². The average Bonchev–Trinajstić information content (AvgIpc) is 2.65. The Morgan fingerprint density at radius 1 is 0.889 bits per heavy atom. The number of alkyl halides is 3. The number of halogens is 3. The van der Waals surface area contributed by atoms with Gasteiger partial charge in [0.2, 0.25) is 0 Å². The maximum Gasteiger partial charge on any atom is 0.416 e. The van der Waals surface area contributed by atoms with Crippen molar-refractivity contribution < 1.29 is 32.2 Å². The number of hydrogen-bond acceptors (Lipinski definition) is 4. The summed E-state index contributed by atoms with van der Waals surface area (Å²) in [5.41, 5.74) is 3.85. The van der Waals surface area contributed by atoms with Gasteiger partial charge in [-0.1, -0.05) is 0 Å². The standard InChI is InChI=1S/C18H17F3N2O4/c1-2-26-14-7-3-12(4-8-14)17(25)23-22-16(24)11-27-15-9-5-13(6-10-15)18(19,20)21/h3-10H,2,11H2,1H3,(H,22,24)(H,23,25). The highest BCUT2D eigenvalue weighted by molar-refractivity contribution is 5.95. The second kappa shape index (κ2) is 8.93. The molecule has 0 spiro atoms. The maximum atomic E-state index is 12.5. The quantitative estimate of drug-likeness (QED) is 0.754. The predicted molar refractivity (Wildman–Crippen MR) is 90.2 cm³/mol. The molecule has 0 aliphatic rings. The third-order valence-electron chi connectivity index (χ3n) is 3.29. The molecule has 2 aromatic rings. The summed E-state index contributed by atoms with van der Waals surface area (Å²) in [5.74, 6) is -0.505. The van der Waals surface area contributed by atoms with E-state index in [0.717, 1.165) is 24.3 Å². The van der Waals surface area contributed by atoms with Crippen LogP contribution >= 0.6 is 0 Å². The van der Waals surface area contributed by atoms with Gasteiger partial charge in [0, 0.05) is 5.56 Å². The first-order chi connectivity index (χ1) is 12.8. The fraction of sp³-hybridized carbons (Fsp3) is 0.222. The molecule has 0 fully saturated rings. The van der Waals surface area contributed by atoms with Gasteiger partial charge in [0.1, 0.15) is 11.5 Å². The van der Waals surface area contributed by atoms with E-state index in [2.05, 4.69) is 10.9 Å². The Bertz CT molecular complexity index is 775. The van der Waals surface area contributed by atoms with Gasteiger partial charge in [0.05, 0.1) is 12.2 Å². The van der Waals surface area contributed by atoms with Crippen LogP contribution in [0, 0.1) is 0 Å². The minimum Gasteiger partial charge on any atom is -0.494 e. The fourth-order valence-electron chi connectivity index (χ4n) is 1.99. The zero-order valence-corrected chi connectivity index (χ0v) is 14.3. The summed E-state index contributed by atoms with van der Waals surface area (Å²) < 4.78 is 47.7. The smallest absolute Gasteiger partial charge is 0.416 e. The van der Waals surface area contributed by atoms with Gasteiger partial charge in [0.25, 0.3) is 11.8 Å². The van der Waals surface area contributed by atoms with E-state index in [4.69, 9.17) is 9.47 Å². The first-order valence-corrected chi connectivity index (χ1v) is 7.91. The van der Waals surface area contributed by atoms with Crippen molar-refractivity contribution in [2.45, 2.75) is 13.1 Å². The highest BCUT2D eigenvalue weighted by Gasteiger charge is 2.30. The van der Waals surface area contributed by atoms with Crippen molar-refractivity contribution in [3.63, 3.8) is 0 Å². The maximum absolute atomic E-state index is 12.5. The zero-order chi connectivity index (χ0) is 19.9. The molecule has 0 saturated heterocycles. The van der Waals surface area contributed by atoms with Gasteiger partial charge >= 0.3 is 6.18 Å². The lowest BCUT2D eigenvalue weighted by molar-refractivity contribution is -0.137. The number of carbonyl (C=O) groups excluding carboxylic acids is 2. The molecule has 0 bridgehead atoms. The lowest BCUT2D eigenvalue weighted by Gasteiger charge is -2.10. The highest BCUT2D eigenvalue weighted by atomic mass is 19.4. The van der Waals surface area contributed by atoms with Gasteiger partial charge in [-0.05, 0) is 55.5 Å². The van der Waals surface area contributed by atoms with Crippen LogP contribution in [0.4, 0.5) is 13.2 Å². The Labute approximate surface area is 153 Å². The van der Waals surface area contributed by atoms with E-state index in [1.165, 1.54) is 12.1 Å². The lowest BCUT2D eigenvalue weighted by atomic mass is 10.2. The van der Waals surface area contributed by atoms with E-state index in [1.807, 2.05) is 6.92 Å². The molecule has 0 heterocycles.